The number of rotatable bonds is 3. The van der Waals surface area contributed by atoms with Crippen LogP contribution >= 0.6 is 45.8 Å². The Kier molecular flexibility index (Phi) is 6.77. The molecule has 2 saturated heterocycles. The summed E-state index contributed by atoms with van der Waals surface area (Å²) in [5.74, 6) is -5.96. The highest BCUT2D eigenvalue weighted by molar-refractivity contribution is 14.1. The van der Waals surface area contributed by atoms with Crippen molar-refractivity contribution in [2.24, 2.45) is 17.8 Å². The van der Waals surface area contributed by atoms with Crippen LogP contribution in [0.15, 0.2) is 78.4 Å². The van der Waals surface area contributed by atoms with Crippen molar-refractivity contribution in [2.45, 2.75) is 35.4 Å². The van der Waals surface area contributed by atoms with Gasteiger partial charge in [-0.25, -0.2) is 9.29 Å². The number of nitrogens with zero attached hydrogens (tertiary/aromatic N) is 2. The number of amides is 4. The number of alkyl halides is 2. The molecule has 4 amide bonds. The number of carbonyl (C=O) groups is 4. The van der Waals surface area contributed by atoms with Gasteiger partial charge in [0.2, 0.25) is 11.8 Å². The monoisotopic (exact) mass is 744 g/mol. The third-order valence-electron chi connectivity index (χ3n) is 9.53. The van der Waals surface area contributed by atoms with Crippen LogP contribution in [0.2, 0.25) is 0 Å². The van der Waals surface area contributed by atoms with Gasteiger partial charge in [0.25, 0.3) is 11.8 Å². The summed E-state index contributed by atoms with van der Waals surface area (Å²) < 4.78 is 14.8. The quantitative estimate of drug-likeness (QED) is 0.149. The molecule has 2 aliphatic heterocycles. The topological polar surface area (TPSA) is 95.0 Å². The SMILES string of the molecule is Cc1cc([C@H]2C3=CC[C@@H]4C(=O)N(c5ccc(I)cc5)C(=O)[C@@H]4[C@@H]3C[C@@]3(Cl)C(=O)N(c4ccc(F)cc4)C(=O)[C@@]23Cl)ccc1O. The number of phenols is 1. The fraction of sp³-hybridized carbons (Fsp3) is 0.273. The standard InChI is InChI=1S/C33H24Cl2FIN2O5/c1-16-14-17(2-13-25(16)40)27-22-11-12-23-26(29(42)38(28(23)41)20-9-5-19(37)6-10-20)24(22)15-32(34)30(43)39(31(44)33(27,32)35)21-7-3-18(36)4-8-21/h2-11,13-14,23-24,26-27,40H,12,15H2,1H3/t23-,24+,26-,27-,32+,33-/m0/s1. The van der Waals surface area contributed by atoms with Crippen molar-refractivity contribution in [1.29, 1.82) is 0 Å². The smallest absolute Gasteiger partial charge is 0.258 e. The van der Waals surface area contributed by atoms with Crippen LogP contribution in [0.4, 0.5) is 15.8 Å². The summed E-state index contributed by atoms with van der Waals surface area (Å²) in [5.41, 5.74) is 2.27. The Labute approximate surface area is 275 Å². The van der Waals surface area contributed by atoms with E-state index in [4.69, 9.17) is 23.2 Å². The van der Waals surface area contributed by atoms with Gasteiger partial charge in [0.15, 0.2) is 9.75 Å². The molecule has 2 heterocycles. The van der Waals surface area contributed by atoms with Crippen LogP contribution in [0.25, 0.3) is 0 Å². The van der Waals surface area contributed by atoms with Crippen LogP contribution < -0.4 is 9.80 Å². The number of carbonyl (C=O) groups excluding carboxylic acids is 4. The normalized spacial score (nSPS) is 31.2. The first-order valence-electron chi connectivity index (χ1n) is 14.0. The van der Waals surface area contributed by atoms with Gasteiger partial charge < -0.3 is 5.11 Å². The minimum absolute atomic E-state index is 0.0334. The van der Waals surface area contributed by atoms with E-state index in [1.54, 1.807) is 31.2 Å². The second-order valence-electron chi connectivity index (χ2n) is 11.8. The zero-order valence-electron chi connectivity index (χ0n) is 23.1. The van der Waals surface area contributed by atoms with E-state index in [0.29, 0.717) is 22.4 Å². The lowest BCUT2D eigenvalue weighted by molar-refractivity contribution is -0.125. The van der Waals surface area contributed by atoms with E-state index in [1.165, 1.54) is 23.1 Å². The zero-order chi connectivity index (χ0) is 31.3. The molecule has 11 heteroatoms. The Balaban J connectivity index is 1.40. The molecular weight excluding hydrogens is 721 g/mol. The molecule has 0 spiro atoms. The fourth-order valence-corrected chi connectivity index (χ4v) is 8.77. The molecule has 2 aliphatic carbocycles. The Bertz CT molecular complexity index is 1820. The third-order valence-corrected chi connectivity index (χ3v) is 11.7. The number of benzene rings is 3. The Morgan fingerprint density at radius 1 is 0.864 bits per heavy atom. The van der Waals surface area contributed by atoms with Gasteiger partial charge in [0, 0.05) is 9.49 Å². The third kappa shape index (κ3) is 3.91. The van der Waals surface area contributed by atoms with Crippen LogP contribution in [-0.4, -0.2) is 38.5 Å². The van der Waals surface area contributed by atoms with E-state index in [2.05, 4.69) is 22.6 Å². The van der Waals surface area contributed by atoms with Gasteiger partial charge >= 0.3 is 0 Å². The predicted octanol–water partition coefficient (Wildman–Crippen LogP) is 6.21. The van der Waals surface area contributed by atoms with Crippen LogP contribution in [0.5, 0.6) is 5.75 Å². The van der Waals surface area contributed by atoms with Crippen molar-refractivity contribution in [3.63, 3.8) is 0 Å². The molecule has 3 fully saturated rings. The largest absolute Gasteiger partial charge is 0.508 e. The van der Waals surface area contributed by atoms with Crippen molar-refractivity contribution in [1.82, 2.24) is 0 Å². The number of anilines is 2. The summed E-state index contributed by atoms with van der Waals surface area (Å²) in [4.78, 5) is 54.6. The maximum absolute atomic E-state index is 14.4. The predicted molar refractivity (Wildman–Crippen MR) is 171 cm³/mol. The Morgan fingerprint density at radius 2 is 1.50 bits per heavy atom. The van der Waals surface area contributed by atoms with Gasteiger partial charge in [-0.15, -0.1) is 23.2 Å². The number of allylic oxidation sites excluding steroid dienone is 2. The van der Waals surface area contributed by atoms with Crippen molar-refractivity contribution in [2.75, 3.05) is 9.80 Å². The van der Waals surface area contributed by atoms with Crippen LogP contribution in [0.3, 0.4) is 0 Å². The molecule has 0 unspecified atom stereocenters. The molecule has 7 rings (SSSR count). The van der Waals surface area contributed by atoms with Gasteiger partial charge in [-0.2, -0.15) is 0 Å². The first-order valence-corrected chi connectivity index (χ1v) is 15.9. The van der Waals surface area contributed by atoms with Gasteiger partial charge in [-0.05, 0) is 114 Å². The van der Waals surface area contributed by atoms with E-state index in [1.807, 2.05) is 18.2 Å². The second-order valence-corrected chi connectivity index (χ2v) is 14.3. The molecule has 1 saturated carbocycles. The van der Waals surface area contributed by atoms with Gasteiger partial charge in [0.05, 0.1) is 23.2 Å². The van der Waals surface area contributed by atoms with Crippen LogP contribution in [0.1, 0.15) is 29.9 Å². The molecule has 0 radical (unpaired) electrons. The van der Waals surface area contributed by atoms with Crippen LogP contribution in [0, 0.1) is 34.1 Å². The minimum atomic E-state index is -2.03. The molecule has 0 bridgehead atoms. The highest BCUT2D eigenvalue weighted by atomic mass is 127. The van der Waals surface area contributed by atoms with Crippen molar-refractivity contribution >= 4 is 80.8 Å². The number of aryl methyl sites for hydroxylation is 1. The van der Waals surface area contributed by atoms with Crippen LogP contribution in [-0.2, 0) is 19.2 Å². The first kappa shape index (κ1) is 29.4. The summed E-state index contributed by atoms with van der Waals surface area (Å²) in [5, 5.41) is 10.3. The lowest BCUT2D eigenvalue weighted by Gasteiger charge is -2.50. The molecule has 3 aromatic carbocycles. The number of hydrogen-bond donors (Lipinski definition) is 1. The van der Waals surface area contributed by atoms with E-state index in [0.717, 1.165) is 20.6 Å². The highest BCUT2D eigenvalue weighted by Crippen LogP contribution is 2.66. The molecule has 3 aromatic rings. The second kappa shape index (κ2) is 10.1. The molecule has 4 aliphatic rings. The zero-order valence-corrected chi connectivity index (χ0v) is 26.8. The average molecular weight is 745 g/mol. The minimum Gasteiger partial charge on any atom is -0.508 e. The Morgan fingerprint density at radius 3 is 2.16 bits per heavy atom. The number of halogens is 4. The lowest BCUT2D eigenvalue weighted by atomic mass is 9.56. The van der Waals surface area contributed by atoms with Crippen molar-refractivity contribution in [3.05, 3.63) is 98.9 Å². The number of fused-ring (bicyclic) bond motifs is 4. The molecule has 224 valence electrons. The molecular formula is C33H24Cl2FIN2O5. The van der Waals surface area contributed by atoms with Crippen molar-refractivity contribution < 1.29 is 28.7 Å². The van der Waals surface area contributed by atoms with E-state index in [-0.39, 0.29) is 30.2 Å². The van der Waals surface area contributed by atoms with Gasteiger partial charge in [-0.3, -0.25) is 24.1 Å². The number of hydrogen-bond acceptors (Lipinski definition) is 5. The maximum Gasteiger partial charge on any atom is 0.258 e. The van der Waals surface area contributed by atoms with Gasteiger partial charge in [0.1, 0.15) is 11.6 Å². The Hall–Kier alpha value is -3.28. The van der Waals surface area contributed by atoms with Gasteiger partial charge in [-0.1, -0.05) is 23.8 Å². The number of aromatic hydroxyl groups is 1. The first-order chi connectivity index (χ1) is 20.9. The average Bonchev–Trinajstić information content (AvgIpc) is 3.33. The van der Waals surface area contributed by atoms with E-state index < -0.39 is 57.0 Å². The molecule has 44 heavy (non-hydrogen) atoms. The number of imide groups is 2. The fourth-order valence-electron chi connectivity index (χ4n) is 7.48. The summed E-state index contributed by atoms with van der Waals surface area (Å²) in [6, 6.07) is 16.8. The molecule has 1 N–H and O–H groups in total. The number of phenolic OH excluding ortho intramolecular Hbond substituents is 1. The highest BCUT2D eigenvalue weighted by Gasteiger charge is 2.76. The summed E-state index contributed by atoms with van der Waals surface area (Å²) >= 11 is 16.9. The summed E-state index contributed by atoms with van der Waals surface area (Å²) in [7, 11) is 0. The summed E-state index contributed by atoms with van der Waals surface area (Å²) in [6.07, 6.45) is 1.93. The van der Waals surface area contributed by atoms with E-state index >= 15 is 0 Å². The van der Waals surface area contributed by atoms with Crippen molar-refractivity contribution in [3.8, 4) is 5.75 Å². The van der Waals surface area contributed by atoms with E-state index in [9.17, 15) is 28.7 Å². The molecule has 6 atom stereocenters. The molecule has 0 aromatic heterocycles. The lowest BCUT2D eigenvalue weighted by Crippen LogP contribution is -2.60. The summed E-state index contributed by atoms with van der Waals surface area (Å²) in [6.45, 7) is 1.70. The maximum atomic E-state index is 14.4. The molecule has 7 nitrogen and oxygen atoms in total.